The Morgan fingerprint density at radius 1 is 1.38 bits per heavy atom. The lowest BCUT2D eigenvalue weighted by Gasteiger charge is -2.12. The predicted octanol–water partition coefficient (Wildman–Crippen LogP) is 3.51. The SMILES string of the molecule is CSCC(=O)NCCN1C(=O)S/C(=C\c2ccc(Cl)cc2Cl)C1=O. The van der Waals surface area contributed by atoms with Gasteiger partial charge in [0.2, 0.25) is 5.91 Å². The average Bonchev–Trinajstić information content (AvgIpc) is 2.78. The molecule has 1 heterocycles. The van der Waals surface area contributed by atoms with Crippen LogP contribution < -0.4 is 5.32 Å². The molecule has 1 N–H and O–H groups in total. The molecule has 1 aromatic carbocycles. The summed E-state index contributed by atoms with van der Waals surface area (Å²) < 4.78 is 0. The molecule has 1 saturated heterocycles. The van der Waals surface area contributed by atoms with Crippen LogP contribution >= 0.6 is 46.7 Å². The molecular weight excluding hydrogens is 391 g/mol. The molecule has 0 aromatic heterocycles. The van der Waals surface area contributed by atoms with Gasteiger partial charge in [-0.25, -0.2) is 0 Å². The molecule has 0 atom stereocenters. The number of benzene rings is 1. The second-order valence-electron chi connectivity index (χ2n) is 4.78. The normalized spacial score (nSPS) is 16.1. The second-order valence-corrected chi connectivity index (χ2v) is 7.49. The number of halogens is 2. The van der Waals surface area contributed by atoms with Crippen LogP contribution in [0.2, 0.25) is 10.0 Å². The van der Waals surface area contributed by atoms with Crippen LogP contribution in [0.1, 0.15) is 5.56 Å². The Labute approximate surface area is 158 Å². The summed E-state index contributed by atoms with van der Waals surface area (Å²) >= 11 is 14.2. The molecule has 1 aromatic rings. The molecule has 9 heteroatoms. The summed E-state index contributed by atoms with van der Waals surface area (Å²) in [6.07, 6.45) is 3.39. The second kappa shape index (κ2) is 8.80. The number of nitrogens with zero attached hydrogens (tertiary/aromatic N) is 1. The van der Waals surface area contributed by atoms with Crippen molar-refractivity contribution in [2.45, 2.75) is 0 Å². The summed E-state index contributed by atoms with van der Waals surface area (Å²) in [7, 11) is 0. The maximum absolute atomic E-state index is 12.3. The van der Waals surface area contributed by atoms with Gasteiger partial charge < -0.3 is 5.32 Å². The lowest BCUT2D eigenvalue weighted by Crippen LogP contribution is -2.37. The number of carbonyl (C=O) groups is 3. The predicted molar refractivity (Wildman–Crippen MR) is 101 cm³/mol. The molecule has 128 valence electrons. The van der Waals surface area contributed by atoms with E-state index in [1.807, 2.05) is 6.26 Å². The zero-order valence-electron chi connectivity index (χ0n) is 12.7. The van der Waals surface area contributed by atoms with Crippen molar-refractivity contribution in [3.8, 4) is 0 Å². The van der Waals surface area contributed by atoms with Crippen molar-refractivity contribution in [3.05, 3.63) is 38.7 Å². The van der Waals surface area contributed by atoms with Crippen LogP contribution in [0.3, 0.4) is 0 Å². The highest BCUT2D eigenvalue weighted by Gasteiger charge is 2.34. The molecule has 0 unspecified atom stereocenters. The van der Waals surface area contributed by atoms with Crippen molar-refractivity contribution in [3.63, 3.8) is 0 Å². The minimum atomic E-state index is -0.393. The Kier molecular flexibility index (Phi) is 7.03. The zero-order chi connectivity index (χ0) is 17.7. The molecule has 24 heavy (non-hydrogen) atoms. The van der Waals surface area contributed by atoms with Gasteiger partial charge in [0.15, 0.2) is 0 Å². The number of amides is 3. The first-order valence-electron chi connectivity index (χ1n) is 6.88. The van der Waals surface area contributed by atoms with E-state index >= 15 is 0 Å². The third kappa shape index (κ3) is 4.92. The van der Waals surface area contributed by atoms with E-state index in [-0.39, 0.29) is 24.2 Å². The van der Waals surface area contributed by atoms with Gasteiger partial charge in [0.25, 0.3) is 11.1 Å². The molecule has 0 saturated carbocycles. The van der Waals surface area contributed by atoms with Gasteiger partial charge in [-0.1, -0.05) is 29.3 Å². The molecule has 1 fully saturated rings. The Bertz CT molecular complexity index is 710. The quantitative estimate of drug-likeness (QED) is 0.734. The van der Waals surface area contributed by atoms with Crippen LogP contribution in [0.5, 0.6) is 0 Å². The summed E-state index contributed by atoms with van der Waals surface area (Å²) in [4.78, 5) is 37.1. The van der Waals surface area contributed by atoms with Crippen LogP contribution in [0.4, 0.5) is 4.79 Å². The zero-order valence-corrected chi connectivity index (χ0v) is 15.8. The van der Waals surface area contributed by atoms with E-state index < -0.39 is 5.91 Å². The number of rotatable bonds is 6. The van der Waals surface area contributed by atoms with E-state index in [4.69, 9.17) is 23.2 Å². The fraction of sp³-hybridized carbons (Fsp3) is 0.267. The van der Waals surface area contributed by atoms with Gasteiger partial charge in [0, 0.05) is 23.1 Å². The van der Waals surface area contributed by atoms with Crippen LogP contribution in [0.25, 0.3) is 6.08 Å². The van der Waals surface area contributed by atoms with Gasteiger partial charge in [-0.3, -0.25) is 19.3 Å². The minimum Gasteiger partial charge on any atom is -0.354 e. The fourth-order valence-electron chi connectivity index (χ4n) is 1.94. The Balaban J connectivity index is 2.03. The first kappa shape index (κ1) is 19.2. The summed E-state index contributed by atoms with van der Waals surface area (Å²) in [5, 5.41) is 3.19. The highest BCUT2D eigenvalue weighted by molar-refractivity contribution is 8.18. The largest absolute Gasteiger partial charge is 0.354 e. The maximum atomic E-state index is 12.3. The Morgan fingerprint density at radius 3 is 2.79 bits per heavy atom. The number of carbonyl (C=O) groups excluding carboxylic acids is 3. The van der Waals surface area contributed by atoms with Gasteiger partial charge >= 0.3 is 0 Å². The maximum Gasteiger partial charge on any atom is 0.293 e. The summed E-state index contributed by atoms with van der Waals surface area (Å²) in [5.74, 6) is -0.176. The topological polar surface area (TPSA) is 66.5 Å². The number of hydrogen-bond donors (Lipinski definition) is 1. The van der Waals surface area contributed by atoms with Crippen LogP contribution in [0, 0.1) is 0 Å². The van der Waals surface area contributed by atoms with Gasteiger partial charge in [0.05, 0.1) is 10.7 Å². The Morgan fingerprint density at radius 2 is 2.12 bits per heavy atom. The van der Waals surface area contributed by atoms with Crippen LogP contribution in [-0.2, 0) is 9.59 Å². The van der Waals surface area contributed by atoms with Crippen molar-refractivity contribution in [1.82, 2.24) is 10.2 Å². The average molecular weight is 405 g/mol. The molecule has 2 rings (SSSR count). The minimum absolute atomic E-state index is 0.127. The molecule has 0 spiro atoms. The monoisotopic (exact) mass is 404 g/mol. The van der Waals surface area contributed by atoms with Gasteiger partial charge in [-0.05, 0) is 41.8 Å². The first-order chi connectivity index (χ1) is 11.4. The molecule has 5 nitrogen and oxygen atoms in total. The molecule has 0 radical (unpaired) electrons. The fourth-order valence-corrected chi connectivity index (χ4v) is 3.63. The standard InChI is InChI=1S/C15H14Cl2N2O3S2/c1-23-8-13(20)18-4-5-19-14(21)12(24-15(19)22)6-9-2-3-10(16)7-11(9)17/h2-3,6-7H,4-5,8H2,1H3,(H,18,20)/b12-6-. The number of imide groups is 1. The molecule has 1 aliphatic rings. The van der Waals surface area contributed by atoms with Crippen molar-refractivity contribution in [2.24, 2.45) is 0 Å². The van der Waals surface area contributed by atoms with E-state index in [2.05, 4.69) is 5.32 Å². The Hall–Kier alpha value is -1.15. The lowest BCUT2D eigenvalue weighted by molar-refractivity contribution is -0.123. The van der Waals surface area contributed by atoms with Crippen molar-refractivity contribution in [2.75, 3.05) is 25.1 Å². The molecule has 0 bridgehead atoms. The highest BCUT2D eigenvalue weighted by Crippen LogP contribution is 2.33. The number of nitrogens with one attached hydrogen (secondary N) is 1. The van der Waals surface area contributed by atoms with E-state index in [9.17, 15) is 14.4 Å². The van der Waals surface area contributed by atoms with Gasteiger partial charge in [-0.2, -0.15) is 11.8 Å². The molecule has 0 aliphatic carbocycles. The van der Waals surface area contributed by atoms with Gasteiger partial charge in [0.1, 0.15) is 0 Å². The van der Waals surface area contributed by atoms with Crippen LogP contribution in [-0.4, -0.2) is 47.1 Å². The number of hydrogen-bond acceptors (Lipinski definition) is 5. The summed E-state index contributed by atoms with van der Waals surface area (Å²) in [6, 6.07) is 4.91. The van der Waals surface area contributed by atoms with Crippen molar-refractivity contribution < 1.29 is 14.4 Å². The molecular formula is C15H14Cl2N2O3S2. The summed E-state index contributed by atoms with van der Waals surface area (Å²) in [6.45, 7) is 0.364. The highest BCUT2D eigenvalue weighted by atomic mass is 35.5. The van der Waals surface area contributed by atoms with E-state index in [1.165, 1.54) is 11.8 Å². The molecule has 1 aliphatic heterocycles. The van der Waals surface area contributed by atoms with E-state index in [0.29, 0.717) is 26.3 Å². The lowest BCUT2D eigenvalue weighted by atomic mass is 10.2. The third-order valence-corrected chi connectivity index (χ3v) is 5.08. The third-order valence-electron chi connectivity index (χ3n) is 3.06. The number of thioether (sulfide) groups is 2. The van der Waals surface area contributed by atoms with E-state index in [1.54, 1.807) is 24.3 Å². The van der Waals surface area contributed by atoms with Crippen molar-refractivity contribution in [1.29, 1.82) is 0 Å². The van der Waals surface area contributed by atoms with E-state index in [0.717, 1.165) is 16.7 Å². The first-order valence-corrected chi connectivity index (χ1v) is 9.85. The van der Waals surface area contributed by atoms with Crippen molar-refractivity contribution >= 4 is 69.9 Å². The summed E-state index contributed by atoms with van der Waals surface area (Å²) in [5.41, 5.74) is 0.611. The smallest absolute Gasteiger partial charge is 0.293 e. The van der Waals surface area contributed by atoms with Gasteiger partial charge in [-0.15, -0.1) is 0 Å². The van der Waals surface area contributed by atoms with Crippen LogP contribution in [0.15, 0.2) is 23.1 Å². The molecule has 3 amide bonds.